The van der Waals surface area contributed by atoms with Crippen molar-refractivity contribution in [1.29, 1.82) is 0 Å². The molecule has 3 aromatic rings. The molecule has 0 aliphatic carbocycles. The first-order valence-electron chi connectivity index (χ1n) is 8.55. The third-order valence-corrected chi connectivity index (χ3v) is 7.46. The van der Waals surface area contributed by atoms with Gasteiger partial charge in [0, 0.05) is 16.4 Å². The molecule has 0 unspecified atom stereocenters. The van der Waals surface area contributed by atoms with E-state index in [1.807, 2.05) is 25.1 Å². The van der Waals surface area contributed by atoms with E-state index in [1.165, 1.54) is 29.2 Å². The number of rotatable bonds is 7. The number of nitrogens with one attached hydrogen (secondary N) is 2. The zero-order valence-corrected chi connectivity index (χ0v) is 19.2. The lowest BCUT2D eigenvalue weighted by molar-refractivity contribution is -0.113. The van der Waals surface area contributed by atoms with Crippen LogP contribution in [0.25, 0.3) is 0 Å². The molecule has 0 atom stereocenters. The molecule has 3 rings (SSSR count). The summed E-state index contributed by atoms with van der Waals surface area (Å²) >= 11 is 8.65. The van der Waals surface area contributed by atoms with Gasteiger partial charge >= 0.3 is 0 Å². The Hall–Kier alpha value is -2.18. The van der Waals surface area contributed by atoms with Gasteiger partial charge in [0.15, 0.2) is 4.34 Å². The van der Waals surface area contributed by atoms with E-state index in [2.05, 4.69) is 20.8 Å². The van der Waals surface area contributed by atoms with Crippen molar-refractivity contribution >= 4 is 67.1 Å². The van der Waals surface area contributed by atoms with Crippen molar-refractivity contribution in [2.45, 2.75) is 23.1 Å². The summed E-state index contributed by atoms with van der Waals surface area (Å²) in [5.41, 5.74) is 2.60. The van der Waals surface area contributed by atoms with Gasteiger partial charge in [-0.15, -0.1) is 10.2 Å². The number of halogens is 1. The van der Waals surface area contributed by atoms with Crippen molar-refractivity contribution in [3.63, 3.8) is 0 Å². The molecule has 158 valence electrons. The minimum Gasteiger partial charge on any atom is -0.330 e. The Morgan fingerprint density at radius 2 is 2.00 bits per heavy atom. The molecular formula is C18H18ClN5O3S3. The maximum absolute atomic E-state index is 12.2. The van der Waals surface area contributed by atoms with E-state index in [0.717, 1.165) is 11.3 Å². The highest BCUT2D eigenvalue weighted by Gasteiger charge is 2.14. The minimum absolute atomic E-state index is 0.0240. The molecule has 1 amide bonds. The van der Waals surface area contributed by atoms with Crippen molar-refractivity contribution in [3.05, 3.63) is 52.5 Å². The number of hydrogen-bond donors (Lipinski definition) is 3. The number of nitrogens with zero attached hydrogens (tertiary/aromatic N) is 2. The molecule has 0 saturated heterocycles. The molecule has 4 N–H and O–H groups in total. The Labute approximate surface area is 187 Å². The lowest BCUT2D eigenvalue weighted by atomic mass is 10.2. The molecule has 2 aromatic carbocycles. The van der Waals surface area contributed by atoms with Crippen molar-refractivity contribution < 1.29 is 13.2 Å². The number of carbonyl (C=O) groups is 1. The Bertz CT molecular complexity index is 1200. The molecule has 0 bridgehead atoms. The number of primary sulfonamides is 1. The normalized spacial score (nSPS) is 11.3. The zero-order valence-electron chi connectivity index (χ0n) is 16.0. The highest BCUT2D eigenvalue weighted by atomic mass is 35.5. The first kappa shape index (κ1) is 22.5. The molecule has 0 fully saturated rings. The lowest BCUT2D eigenvalue weighted by Gasteiger charge is -2.08. The quantitative estimate of drug-likeness (QED) is 0.434. The van der Waals surface area contributed by atoms with Crippen molar-refractivity contribution in [2.24, 2.45) is 5.14 Å². The number of aromatic nitrogens is 2. The largest absolute Gasteiger partial charge is 0.330 e. The molecule has 30 heavy (non-hydrogen) atoms. The van der Waals surface area contributed by atoms with Gasteiger partial charge in [-0.3, -0.25) is 4.79 Å². The van der Waals surface area contributed by atoms with E-state index in [4.69, 9.17) is 16.7 Å². The van der Waals surface area contributed by atoms with Crippen molar-refractivity contribution in [2.75, 3.05) is 16.4 Å². The number of hydrogen-bond acceptors (Lipinski definition) is 8. The minimum atomic E-state index is -3.86. The number of aryl methyl sites for hydroxylation is 1. The van der Waals surface area contributed by atoms with Gasteiger partial charge in [-0.05, 0) is 49.2 Å². The molecule has 0 aliphatic heterocycles. The molecule has 0 radical (unpaired) electrons. The summed E-state index contributed by atoms with van der Waals surface area (Å²) in [6, 6.07) is 10.1. The average Bonchev–Trinajstić information content (AvgIpc) is 3.12. The van der Waals surface area contributed by atoms with Crippen LogP contribution in [0.3, 0.4) is 0 Å². The van der Waals surface area contributed by atoms with E-state index >= 15 is 0 Å². The summed E-state index contributed by atoms with van der Waals surface area (Å²) in [4.78, 5) is 12.2. The Morgan fingerprint density at radius 1 is 1.23 bits per heavy atom. The molecule has 12 heteroatoms. The van der Waals surface area contributed by atoms with Gasteiger partial charge in [-0.2, -0.15) is 0 Å². The molecule has 8 nitrogen and oxygen atoms in total. The fraction of sp³-hybridized carbons (Fsp3) is 0.167. The van der Waals surface area contributed by atoms with E-state index in [0.29, 0.717) is 25.7 Å². The zero-order chi connectivity index (χ0) is 21.9. The van der Waals surface area contributed by atoms with E-state index in [-0.39, 0.29) is 16.6 Å². The topological polar surface area (TPSA) is 127 Å². The Balaban J connectivity index is 1.59. The van der Waals surface area contributed by atoms with Crippen LogP contribution < -0.4 is 15.8 Å². The van der Waals surface area contributed by atoms with Gasteiger partial charge < -0.3 is 10.6 Å². The summed E-state index contributed by atoms with van der Waals surface area (Å²) in [6.07, 6.45) is 0. The standard InChI is InChI=1S/C18H18ClN5O3S3/c1-10-6-7-12(8-15(10)30(20,26)27)21-16(25)9-28-18-24-23-17(29-18)22-14-5-3-4-13(19)11(14)2/h3-8H,9H2,1-2H3,(H,21,25)(H,22,23)(H2,20,26,27). The van der Waals surface area contributed by atoms with Gasteiger partial charge in [0.2, 0.25) is 21.1 Å². The molecule has 0 spiro atoms. The highest BCUT2D eigenvalue weighted by Crippen LogP contribution is 2.30. The summed E-state index contributed by atoms with van der Waals surface area (Å²) in [7, 11) is -3.86. The number of amides is 1. The summed E-state index contributed by atoms with van der Waals surface area (Å²) < 4.78 is 23.8. The lowest BCUT2D eigenvalue weighted by Crippen LogP contribution is -2.17. The van der Waals surface area contributed by atoms with Crippen molar-refractivity contribution in [3.8, 4) is 0 Å². The maximum Gasteiger partial charge on any atom is 0.238 e. The van der Waals surface area contributed by atoms with Crippen LogP contribution in [0.4, 0.5) is 16.5 Å². The third kappa shape index (κ3) is 5.70. The van der Waals surface area contributed by atoms with Crippen LogP contribution in [0, 0.1) is 13.8 Å². The van der Waals surface area contributed by atoms with Crippen LogP contribution in [-0.4, -0.2) is 30.3 Å². The second kappa shape index (κ2) is 9.31. The monoisotopic (exact) mass is 483 g/mol. The highest BCUT2D eigenvalue weighted by molar-refractivity contribution is 8.01. The predicted molar refractivity (Wildman–Crippen MR) is 121 cm³/mol. The fourth-order valence-electron chi connectivity index (χ4n) is 2.49. The predicted octanol–water partition coefficient (Wildman–Crippen LogP) is 3.93. The number of carbonyl (C=O) groups excluding carboxylic acids is 1. The van der Waals surface area contributed by atoms with Crippen LogP contribution >= 0.6 is 34.7 Å². The smallest absolute Gasteiger partial charge is 0.238 e. The number of anilines is 3. The Kier molecular flexibility index (Phi) is 6.98. The summed E-state index contributed by atoms with van der Waals surface area (Å²) in [6.45, 7) is 3.53. The van der Waals surface area contributed by atoms with Gasteiger partial charge in [-0.1, -0.05) is 46.8 Å². The van der Waals surface area contributed by atoms with Crippen molar-refractivity contribution in [1.82, 2.24) is 10.2 Å². The van der Waals surface area contributed by atoms with Gasteiger partial charge in [0.05, 0.1) is 10.6 Å². The van der Waals surface area contributed by atoms with Crippen LogP contribution in [0.2, 0.25) is 5.02 Å². The molecule has 0 saturated carbocycles. The van der Waals surface area contributed by atoms with E-state index < -0.39 is 10.0 Å². The van der Waals surface area contributed by atoms with Gasteiger partial charge in [-0.25, -0.2) is 13.6 Å². The first-order valence-corrected chi connectivity index (χ1v) is 12.3. The van der Waals surface area contributed by atoms with Gasteiger partial charge in [0.1, 0.15) is 0 Å². The Morgan fingerprint density at radius 3 is 2.73 bits per heavy atom. The molecule has 1 heterocycles. The molecule has 1 aromatic heterocycles. The number of sulfonamides is 1. The van der Waals surface area contributed by atoms with Crippen LogP contribution in [-0.2, 0) is 14.8 Å². The van der Waals surface area contributed by atoms with E-state index in [9.17, 15) is 13.2 Å². The summed E-state index contributed by atoms with van der Waals surface area (Å²) in [5, 5.41) is 20.4. The van der Waals surface area contributed by atoms with E-state index in [1.54, 1.807) is 19.1 Å². The van der Waals surface area contributed by atoms with Crippen LogP contribution in [0.15, 0.2) is 45.6 Å². The number of thioether (sulfide) groups is 1. The van der Waals surface area contributed by atoms with Crippen LogP contribution in [0.1, 0.15) is 11.1 Å². The SMILES string of the molecule is Cc1ccc(NC(=O)CSc2nnc(Nc3cccc(Cl)c3C)s2)cc1S(N)(=O)=O. The van der Waals surface area contributed by atoms with Crippen LogP contribution in [0.5, 0.6) is 0 Å². The second-order valence-corrected chi connectivity index (χ2v) is 10.4. The molecular weight excluding hydrogens is 466 g/mol. The van der Waals surface area contributed by atoms with Gasteiger partial charge in [0.25, 0.3) is 0 Å². The first-order chi connectivity index (χ1) is 14.1. The third-order valence-electron chi connectivity index (χ3n) is 4.02. The fourth-order valence-corrected chi connectivity index (χ4v) is 5.03. The average molecular weight is 484 g/mol. The second-order valence-electron chi connectivity index (χ2n) is 6.27. The summed E-state index contributed by atoms with van der Waals surface area (Å²) in [5.74, 6) is -0.219. The number of benzene rings is 2. The molecule has 0 aliphatic rings. The maximum atomic E-state index is 12.2. The number of nitrogens with two attached hydrogens (primary N) is 1.